The van der Waals surface area contributed by atoms with Crippen molar-refractivity contribution in [2.75, 3.05) is 39.4 Å². The molecular formula is C22H38N4O4. The highest BCUT2D eigenvalue weighted by atomic mass is 16.6. The molecule has 1 saturated carbocycles. The molecular weight excluding hydrogens is 384 g/mol. The Morgan fingerprint density at radius 3 is 2.53 bits per heavy atom. The zero-order valence-corrected chi connectivity index (χ0v) is 18.9. The first-order valence-electron chi connectivity index (χ1n) is 11.7. The van der Waals surface area contributed by atoms with Crippen LogP contribution >= 0.6 is 0 Å². The highest BCUT2D eigenvalue weighted by Gasteiger charge is 2.48. The minimum Gasteiger partial charge on any atom is -0.447 e. The summed E-state index contributed by atoms with van der Waals surface area (Å²) in [6, 6.07) is 0.164. The second kappa shape index (κ2) is 9.01. The number of hydrogen-bond donors (Lipinski definition) is 1. The quantitative estimate of drug-likeness (QED) is 0.743. The molecule has 4 rings (SSSR count). The van der Waals surface area contributed by atoms with E-state index >= 15 is 0 Å². The van der Waals surface area contributed by atoms with Gasteiger partial charge in [0, 0.05) is 45.1 Å². The fourth-order valence-corrected chi connectivity index (χ4v) is 5.92. The number of ether oxygens (including phenoxy) is 2. The standard InChI is InChI=1S/C22H38N4O4/c1-14(2)30-22(28)25-9-15(3)26(16(4)27)20-6-5-18(7-21(20)25)19-8-23-24(11-19)10-17-12-29-13-17/h14-15,17-21,23H,5-13H2,1-4H3/t15-,18?,19?,20?,21?/m0/s1. The van der Waals surface area contributed by atoms with Crippen LogP contribution in [0.4, 0.5) is 4.79 Å². The number of carbonyl (C=O) groups excluding carboxylic acids is 2. The van der Waals surface area contributed by atoms with Crippen molar-refractivity contribution in [2.45, 2.75) is 71.2 Å². The van der Waals surface area contributed by atoms with Crippen molar-refractivity contribution in [1.82, 2.24) is 20.2 Å². The van der Waals surface area contributed by atoms with Crippen LogP contribution in [-0.4, -0.2) is 90.4 Å². The third-order valence-electron chi connectivity index (χ3n) is 7.33. The number of amides is 2. The molecule has 5 atom stereocenters. The Bertz CT molecular complexity index is 641. The molecule has 4 aliphatic rings. The van der Waals surface area contributed by atoms with Gasteiger partial charge in [0.1, 0.15) is 0 Å². The SMILES string of the molecule is CC(=O)N1C2CCC(C3CNN(CC4COC4)C3)CC2N(C(=O)OC(C)C)C[C@@H]1C. The van der Waals surface area contributed by atoms with E-state index in [-0.39, 0.29) is 36.2 Å². The summed E-state index contributed by atoms with van der Waals surface area (Å²) in [5.74, 6) is 1.90. The van der Waals surface area contributed by atoms with Gasteiger partial charge in [0.2, 0.25) is 5.91 Å². The summed E-state index contributed by atoms with van der Waals surface area (Å²) in [6.07, 6.45) is 2.64. The summed E-state index contributed by atoms with van der Waals surface area (Å²) in [6.45, 7) is 12.9. The third kappa shape index (κ3) is 4.46. The summed E-state index contributed by atoms with van der Waals surface area (Å²) in [5.41, 5.74) is 3.58. The van der Waals surface area contributed by atoms with E-state index in [0.717, 1.165) is 52.1 Å². The molecule has 0 aromatic rings. The third-order valence-corrected chi connectivity index (χ3v) is 7.33. The van der Waals surface area contributed by atoms with Crippen molar-refractivity contribution in [3.8, 4) is 0 Å². The van der Waals surface area contributed by atoms with E-state index < -0.39 is 0 Å². The Labute approximate surface area is 180 Å². The van der Waals surface area contributed by atoms with Crippen molar-refractivity contribution in [2.24, 2.45) is 17.8 Å². The molecule has 1 aliphatic carbocycles. The van der Waals surface area contributed by atoms with Crippen LogP contribution < -0.4 is 5.43 Å². The molecule has 30 heavy (non-hydrogen) atoms. The maximum absolute atomic E-state index is 12.9. The molecule has 4 fully saturated rings. The zero-order chi connectivity index (χ0) is 21.4. The largest absolute Gasteiger partial charge is 0.447 e. The van der Waals surface area contributed by atoms with Gasteiger partial charge in [0.25, 0.3) is 0 Å². The average molecular weight is 423 g/mol. The van der Waals surface area contributed by atoms with E-state index in [1.54, 1.807) is 6.92 Å². The van der Waals surface area contributed by atoms with Crippen LogP contribution in [0.15, 0.2) is 0 Å². The lowest BCUT2D eigenvalue weighted by Gasteiger charge is -2.54. The lowest BCUT2D eigenvalue weighted by molar-refractivity contribution is -0.142. The topological polar surface area (TPSA) is 74.4 Å². The molecule has 0 bridgehead atoms. The zero-order valence-electron chi connectivity index (χ0n) is 18.9. The first-order chi connectivity index (χ1) is 14.3. The number of rotatable bonds is 4. The normalized spacial score (nSPS) is 35.3. The monoisotopic (exact) mass is 422 g/mol. The van der Waals surface area contributed by atoms with Gasteiger partial charge in [0.15, 0.2) is 0 Å². The summed E-state index contributed by atoms with van der Waals surface area (Å²) in [4.78, 5) is 29.2. The lowest BCUT2D eigenvalue weighted by atomic mass is 9.73. The number of fused-ring (bicyclic) bond motifs is 1. The molecule has 3 heterocycles. The predicted octanol–water partition coefficient (Wildman–Crippen LogP) is 1.70. The molecule has 0 aromatic carbocycles. The first kappa shape index (κ1) is 21.8. The minimum atomic E-state index is -0.230. The number of nitrogens with one attached hydrogen (secondary N) is 1. The molecule has 1 N–H and O–H groups in total. The number of nitrogens with zero attached hydrogens (tertiary/aromatic N) is 3. The summed E-state index contributed by atoms with van der Waals surface area (Å²) in [5, 5.41) is 2.36. The fraction of sp³-hybridized carbons (Fsp3) is 0.909. The van der Waals surface area contributed by atoms with Crippen LogP contribution in [-0.2, 0) is 14.3 Å². The van der Waals surface area contributed by atoms with Crippen LogP contribution in [0.1, 0.15) is 47.0 Å². The lowest BCUT2D eigenvalue weighted by Crippen LogP contribution is -2.67. The first-order valence-corrected chi connectivity index (χ1v) is 11.7. The number of hydrazine groups is 1. The van der Waals surface area contributed by atoms with Crippen LogP contribution in [0, 0.1) is 17.8 Å². The van der Waals surface area contributed by atoms with Crippen molar-refractivity contribution in [3.63, 3.8) is 0 Å². The highest BCUT2D eigenvalue weighted by molar-refractivity contribution is 5.75. The Kier molecular flexibility index (Phi) is 6.55. The van der Waals surface area contributed by atoms with Crippen LogP contribution in [0.25, 0.3) is 0 Å². The van der Waals surface area contributed by atoms with E-state index in [2.05, 4.69) is 10.4 Å². The van der Waals surface area contributed by atoms with Gasteiger partial charge in [-0.25, -0.2) is 9.80 Å². The molecule has 8 nitrogen and oxygen atoms in total. The molecule has 3 saturated heterocycles. The predicted molar refractivity (Wildman–Crippen MR) is 113 cm³/mol. The molecule has 4 unspecified atom stereocenters. The Hall–Kier alpha value is -1.38. The molecule has 8 heteroatoms. The maximum Gasteiger partial charge on any atom is 0.410 e. The Balaban J connectivity index is 1.44. The van der Waals surface area contributed by atoms with Gasteiger partial charge in [-0.05, 0) is 51.9 Å². The number of carbonyl (C=O) groups is 2. The van der Waals surface area contributed by atoms with Crippen LogP contribution in [0.2, 0.25) is 0 Å². The molecule has 0 spiro atoms. The minimum absolute atomic E-state index is 0.0216. The van der Waals surface area contributed by atoms with E-state index in [1.807, 2.05) is 30.6 Å². The summed E-state index contributed by atoms with van der Waals surface area (Å²) >= 11 is 0. The molecule has 3 aliphatic heterocycles. The van der Waals surface area contributed by atoms with Gasteiger partial charge in [-0.3, -0.25) is 10.2 Å². The number of hydrogen-bond acceptors (Lipinski definition) is 6. The van der Waals surface area contributed by atoms with Gasteiger partial charge in [-0.1, -0.05) is 0 Å². The summed E-state index contributed by atoms with van der Waals surface area (Å²) < 4.78 is 10.9. The van der Waals surface area contributed by atoms with Gasteiger partial charge < -0.3 is 19.3 Å². The van der Waals surface area contributed by atoms with Gasteiger partial charge >= 0.3 is 6.09 Å². The van der Waals surface area contributed by atoms with E-state index in [1.165, 1.54) is 0 Å². The second-order valence-electron chi connectivity index (χ2n) is 10.00. The molecule has 2 amide bonds. The van der Waals surface area contributed by atoms with Crippen molar-refractivity contribution >= 4 is 12.0 Å². The summed E-state index contributed by atoms with van der Waals surface area (Å²) in [7, 11) is 0. The highest BCUT2D eigenvalue weighted by Crippen LogP contribution is 2.40. The van der Waals surface area contributed by atoms with Gasteiger partial charge in [-0.15, -0.1) is 0 Å². The van der Waals surface area contributed by atoms with Gasteiger partial charge in [-0.2, -0.15) is 0 Å². The Morgan fingerprint density at radius 2 is 1.90 bits per heavy atom. The smallest absolute Gasteiger partial charge is 0.410 e. The number of piperazine rings is 1. The Morgan fingerprint density at radius 1 is 1.13 bits per heavy atom. The van der Waals surface area contributed by atoms with E-state index in [0.29, 0.717) is 24.3 Å². The average Bonchev–Trinajstić information content (AvgIpc) is 3.11. The molecule has 0 aromatic heterocycles. The second-order valence-corrected chi connectivity index (χ2v) is 10.00. The van der Waals surface area contributed by atoms with Crippen molar-refractivity contribution in [1.29, 1.82) is 0 Å². The fourth-order valence-electron chi connectivity index (χ4n) is 5.92. The molecule has 0 radical (unpaired) electrons. The van der Waals surface area contributed by atoms with E-state index in [4.69, 9.17) is 9.47 Å². The van der Waals surface area contributed by atoms with Gasteiger partial charge in [0.05, 0.1) is 31.4 Å². The van der Waals surface area contributed by atoms with Crippen molar-refractivity contribution < 1.29 is 19.1 Å². The van der Waals surface area contributed by atoms with Crippen LogP contribution in [0.3, 0.4) is 0 Å². The van der Waals surface area contributed by atoms with Crippen LogP contribution in [0.5, 0.6) is 0 Å². The molecule has 170 valence electrons. The van der Waals surface area contributed by atoms with E-state index in [9.17, 15) is 9.59 Å². The van der Waals surface area contributed by atoms with Crippen molar-refractivity contribution in [3.05, 3.63) is 0 Å². The maximum atomic E-state index is 12.9.